The summed E-state index contributed by atoms with van der Waals surface area (Å²) in [6.07, 6.45) is 15.4. The molecule has 0 saturated carbocycles. The summed E-state index contributed by atoms with van der Waals surface area (Å²) in [5, 5.41) is 0. The molecule has 230 valence electrons. The zero-order valence-electron chi connectivity index (χ0n) is 26.3. The molecule has 0 aromatic heterocycles. The van der Waals surface area contributed by atoms with Crippen molar-refractivity contribution in [2.24, 2.45) is 0 Å². The minimum absolute atomic E-state index is 0.118. The molecule has 6 nitrogen and oxygen atoms in total. The molecule has 2 aromatic rings. The van der Waals surface area contributed by atoms with Crippen molar-refractivity contribution in [1.29, 1.82) is 0 Å². The molecule has 0 radical (unpaired) electrons. The van der Waals surface area contributed by atoms with Crippen LogP contribution in [0.2, 0.25) is 0 Å². The van der Waals surface area contributed by atoms with E-state index in [2.05, 4.69) is 110 Å². The Morgan fingerprint density at radius 1 is 0.860 bits per heavy atom. The Morgan fingerprint density at radius 2 is 1.56 bits per heavy atom. The van der Waals surface area contributed by atoms with Gasteiger partial charge in [-0.05, 0) is 64.2 Å². The van der Waals surface area contributed by atoms with E-state index >= 15 is 0 Å². The van der Waals surface area contributed by atoms with Crippen LogP contribution in [0.4, 0.5) is 11.4 Å². The summed E-state index contributed by atoms with van der Waals surface area (Å²) >= 11 is 0. The number of rotatable bonds is 14. The topological polar surface area (TPSA) is 77.7 Å². The maximum atomic E-state index is 11.4. The minimum atomic E-state index is -3.96. The number of carbonyl (C=O) groups is 1. The Kier molecular flexibility index (Phi) is 10.3. The number of ketones is 1. The van der Waals surface area contributed by atoms with Gasteiger partial charge in [0, 0.05) is 53.9 Å². The van der Waals surface area contributed by atoms with Crippen LogP contribution in [0, 0.1) is 0 Å². The van der Waals surface area contributed by atoms with Crippen LogP contribution in [-0.4, -0.2) is 47.9 Å². The lowest BCUT2D eigenvalue weighted by Crippen LogP contribution is -2.27. The van der Waals surface area contributed by atoms with E-state index < -0.39 is 10.1 Å². The zero-order chi connectivity index (χ0) is 31.3. The smallest absolute Gasteiger partial charge is 0.264 e. The summed E-state index contributed by atoms with van der Waals surface area (Å²) < 4.78 is 34.0. The second-order valence-corrected chi connectivity index (χ2v) is 14.3. The number of nitrogens with zero attached hydrogens (tertiary/aromatic N) is 2. The average Bonchev–Trinajstić information content (AvgIpc) is 3.29. The fourth-order valence-electron chi connectivity index (χ4n) is 6.50. The highest BCUT2D eigenvalue weighted by Gasteiger charge is 2.43. The largest absolute Gasteiger partial charge is 0.344 e. The molecule has 2 aromatic carbocycles. The van der Waals surface area contributed by atoms with Crippen LogP contribution < -0.4 is 4.90 Å². The number of unbranched alkanes of at least 4 members (excludes halogenated alkanes) is 3. The summed E-state index contributed by atoms with van der Waals surface area (Å²) in [6.45, 7) is 12.3. The van der Waals surface area contributed by atoms with Crippen molar-refractivity contribution in [1.82, 2.24) is 0 Å². The normalized spacial score (nSPS) is 18.3. The minimum Gasteiger partial charge on any atom is -0.344 e. The van der Waals surface area contributed by atoms with Crippen molar-refractivity contribution in [3.63, 3.8) is 0 Å². The number of hydrogen-bond donors (Lipinski definition) is 1. The van der Waals surface area contributed by atoms with Crippen molar-refractivity contribution < 1.29 is 22.3 Å². The van der Waals surface area contributed by atoms with Crippen molar-refractivity contribution in [3.05, 3.63) is 95.7 Å². The SMILES string of the molecule is CC(=O)CCCCC[N+]1=C(/C=C/C=C/C=C2\N(CCCCS(=O)(=O)O)c3ccccc3C2(C)C)C(C)(C)c2ccccc21. The van der Waals surface area contributed by atoms with Gasteiger partial charge in [-0.3, -0.25) is 4.55 Å². The molecule has 0 fully saturated rings. The molecule has 0 amide bonds. The van der Waals surface area contributed by atoms with E-state index in [4.69, 9.17) is 4.55 Å². The zero-order valence-corrected chi connectivity index (χ0v) is 27.2. The molecule has 0 spiro atoms. The Hall–Kier alpha value is -3.29. The molecule has 2 aliphatic rings. The van der Waals surface area contributed by atoms with Gasteiger partial charge in [0.25, 0.3) is 10.1 Å². The molecule has 2 heterocycles. The van der Waals surface area contributed by atoms with Gasteiger partial charge in [0.1, 0.15) is 12.3 Å². The molecule has 0 aliphatic carbocycles. The molecular formula is C36H47N2O4S+. The first kappa shape index (κ1) is 32.6. The van der Waals surface area contributed by atoms with E-state index in [9.17, 15) is 13.2 Å². The maximum Gasteiger partial charge on any atom is 0.264 e. The number of para-hydroxylation sites is 2. The number of Topliss-reactive ketones (excluding diaryl/α,β-unsaturated/α-hetero) is 1. The monoisotopic (exact) mass is 603 g/mol. The van der Waals surface area contributed by atoms with Gasteiger partial charge in [0.2, 0.25) is 5.69 Å². The standard InChI is InChI=1S/C36H46N2O4S/c1-28(39)18-8-7-15-25-37-31-21-13-11-19-29(31)35(2,3)33(37)23-9-6-10-24-34-36(4,5)30-20-12-14-22-32(30)38(34)26-16-17-27-43(40,41)42/h6,9-14,19-24H,7-8,15-18,25-27H2,1-5H3/p+1. The predicted molar refractivity (Wildman–Crippen MR) is 177 cm³/mol. The number of carbonyl (C=O) groups excluding carboxylic acids is 1. The fraction of sp³-hybridized carbons (Fsp3) is 0.444. The second-order valence-electron chi connectivity index (χ2n) is 12.8. The molecule has 2 aliphatic heterocycles. The summed E-state index contributed by atoms with van der Waals surface area (Å²) in [5.74, 6) is 0.0409. The van der Waals surface area contributed by atoms with Crippen LogP contribution in [0.5, 0.6) is 0 Å². The fourth-order valence-corrected chi connectivity index (χ4v) is 7.07. The summed E-state index contributed by atoms with van der Waals surface area (Å²) in [6, 6.07) is 17.0. The van der Waals surface area contributed by atoms with E-state index in [0.717, 1.165) is 31.5 Å². The van der Waals surface area contributed by atoms with Crippen LogP contribution in [-0.2, 0) is 25.7 Å². The highest BCUT2D eigenvalue weighted by molar-refractivity contribution is 7.85. The Morgan fingerprint density at radius 3 is 2.28 bits per heavy atom. The van der Waals surface area contributed by atoms with Crippen LogP contribution in [0.1, 0.15) is 84.3 Å². The highest BCUT2D eigenvalue weighted by Crippen LogP contribution is 2.47. The maximum absolute atomic E-state index is 11.4. The number of benzene rings is 2. The molecule has 0 atom stereocenters. The van der Waals surface area contributed by atoms with Crippen LogP contribution in [0.15, 0.2) is 84.6 Å². The number of hydrogen-bond acceptors (Lipinski definition) is 4. The first-order chi connectivity index (χ1) is 20.3. The second kappa shape index (κ2) is 13.6. The Balaban J connectivity index is 1.54. The summed E-state index contributed by atoms with van der Waals surface area (Å²) in [4.78, 5) is 13.6. The Labute approximate surface area is 258 Å². The molecule has 1 N–H and O–H groups in total. The van der Waals surface area contributed by atoms with E-state index in [1.807, 2.05) is 6.07 Å². The van der Waals surface area contributed by atoms with E-state index in [0.29, 0.717) is 25.8 Å². The molecule has 0 unspecified atom stereocenters. The van der Waals surface area contributed by atoms with Gasteiger partial charge in [0.15, 0.2) is 5.71 Å². The van der Waals surface area contributed by atoms with Gasteiger partial charge >= 0.3 is 0 Å². The van der Waals surface area contributed by atoms with Crippen LogP contribution >= 0.6 is 0 Å². The lowest BCUT2D eigenvalue weighted by atomic mass is 9.81. The number of allylic oxidation sites excluding steroid dienone is 6. The van der Waals surface area contributed by atoms with E-state index in [1.54, 1.807) is 6.92 Å². The number of anilines is 1. The molecule has 7 heteroatoms. The first-order valence-corrected chi connectivity index (χ1v) is 17.1. The lowest BCUT2D eigenvalue weighted by molar-refractivity contribution is -0.438. The summed E-state index contributed by atoms with van der Waals surface area (Å²) in [5.41, 5.74) is 7.11. The predicted octanol–water partition coefficient (Wildman–Crippen LogP) is 7.67. The van der Waals surface area contributed by atoms with Gasteiger partial charge in [-0.2, -0.15) is 13.0 Å². The molecule has 0 bridgehead atoms. The van der Waals surface area contributed by atoms with Gasteiger partial charge in [0.05, 0.1) is 11.2 Å². The average molecular weight is 604 g/mol. The van der Waals surface area contributed by atoms with Crippen molar-refractivity contribution in [2.45, 2.75) is 84.0 Å². The molecular weight excluding hydrogens is 556 g/mol. The van der Waals surface area contributed by atoms with Crippen molar-refractivity contribution >= 4 is 33.0 Å². The third-order valence-corrected chi connectivity index (χ3v) is 9.58. The molecule has 4 rings (SSSR count). The third-order valence-electron chi connectivity index (χ3n) is 8.77. The molecule has 0 saturated heterocycles. The van der Waals surface area contributed by atoms with Crippen LogP contribution in [0.3, 0.4) is 0 Å². The summed E-state index contributed by atoms with van der Waals surface area (Å²) in [7, 11) is -3.96. The lowest BCUT2D eigenvalue weighted by Gasteiger charge is -2.27. The third kappa shape index (κ3) is 7.63. The van der Waals surface area contributed by atoms with Crippen molar-refractivity contribution in [3.8, 4) is 0 Å². The highest BCUT2D eigenvalue weighted by atomic mass is 32.2. The van der Waals surface area contributed by atoms with Gasteiger partial charge in [-0.1, -0.05) is 68.5 Å². The Bertz CT molecular complexity index is 1560. The van der Waals surface area contributed by atoms with Gasteiger partial charge in [-0.15, -0.1) is 0 Å². The van der Waals surface area contributed by atoms with Gasteiger partial charge < -0.3 is 9.69 Å². The first-order valence-electron chi connectivity index (χ1n) is 15.5. The van der Waals surface area contributed by atoms with Gasteiger partial charge in [-0.25, -0.2) is 0 Å². The van der Waals surface area contributed by atoms with E-state index in [1.165, 1.54) is 28.2 Å². The van der Waals surface area contributed by atoms with E-state index in [-0.39, 0.29) is 22.4 Å². The number of fused-ring (bicyclic) bond motifs is 2. The molecule has 43 heavy (non-hydrogen) atoms. The quantitative estimate of drug-likeness (QED) is 0.104. The van der Waals surface area contributed by atoms with Crippen LogP contribution in [0.25, 0.3) is 0 Å². The van der Waals surface area contributed by atoms with Crippen molar-refractivity contribution in [2.75, 3.05) is 23.7 Å².